The van der Waals surface area contributed by atoms with Crippen molar-refractivity contribution in [2.24, 2.45) is 5.92 Å². The van der Waals surface area contributed by atoms with Crippen molar-refractivity contribution < 1.29 is 0 Å². The Bertz CT molecular complexity index is 500. The molecule has 19 heavy (non-hydrogen) atoms. The van der Waals surface area contributed by atoms with Gasteiger partial charge in [0.2, 0.25) is 0 Å². The predicted molar refractivity (Wildman–Crippen MR) is 81.5 cm³/mol. The molecule has 1 saturated heterocycles. The number of hydrogen-bond acceptors (Lipinski definition) is 3. The van der Waals surface area contributed by atoms with Crippen LogP contribution >= 0.6 is 11.3 Å². The molecule has 3 heteroatoms. The molecule has 1 fully saturated rings. The van der Waals surface area contributed by atoms with E-state index in [-0.39, 0.29) is 0 Å². The molecular formula is C16H20N2S. The summed E-state index contributed by atoms with van der Waals surface area (Å²) >= 11 is 1.81. The molecule has 0 atom stereocenters. The molecule has 100 valence electrons. The number of benzene rings is 1. The number of aryl methyl sites for hydroxylation is 1. The van der Waals surface area contributed by atoms with E-state index in [1.54, 1.807) is 11.3 Å². The molecule has 1 aliphatic rings. The van der Waals surface area contributed by atoms with E-state index in [1.165, 1.54) is 42.9 Å². The van der Waals surface area contributed by atoms with E-state index >= 15 is 0 Å². The zero-order valence-electron chi connectivity index (χ0n) is 11.1. The Morgan fingerprint density at radius 3 is 2.74 bits per heavy atom. The summed E-state index contributed by atoms with van der Waals surface area (Å²) in [6.45, 7) is 2.38. The molecule has 0 bridgehead atoms. The van der Waals surface area contributed by atoms with Gasteiger partial charge in [0.15, 0.2) is 0 Å². The van der Waals surface area contributed by atoms with Crippen molar-refractivity contribution >= 4 is 11.3 Å². The number of aromatic nitrogens is 1. The minimum atomic E-state index is 0.894. The van der Waals surface area contributed by atoms with Crippen LogP contribution in [-0.2, 0) is 6.42 Å². The van der Waals surface area contributed by atoms with Gasteiger partial charge in [-0.2, -0.15) is 0 Å². The summed E-state index contributed by atoms with van der Waals surface area (Å²) in [4.78, 5) is 4.77. The summed E-state index contributed by atoms with van der Waals surface area (Å²) < 4.78 is 0. The van der Waals surface area contributed by atoms with Gasteiger partial charge in [-0.1, -0.05) is 30.3 Å². The number of piperidine rings is 1. The number of thiazole rings is 1. The fourth-order valence-electron chi connectivity index (χ4n) is 2.67. The Labute approximate surface area is 118 Å². The second-order valence-corrected chi connectivity index (χ2v) is 6.17. The molecule has 1 N–H and O–H groups in total. The summed E-state index contributed by atoms with van der Waals surface area (Å²) in [6.07, 6.45) is 5.10. The molecule has 2 heterocycles. The average Bonchev–Trinajstić information content (AvgIpc) is 2.96. The Balaban J connectivity index is 1.59. The fraction of sp³-hybridized carbons (Fsp3) is 0.438. The normalized spacial score (nSPS) is 16.6. The molecular weight excluding hydrogens is 252 g/mol. The van der Waals surface area contributed by atoms with Crippen LogP contribution in [0.3, 0.4) is 0 Å². The Kier molecular flexibility index (Phi) is 4.26. The van der Waals surface area contributed by atoms with Crippen LogP contribution < -0.4 is 5.32 Å². The highest BCUT2D eigenvalue weighted by Gasteiger charge is 2.13. The van der Waals surface area contributed by atoms with Gasteiger partial charge in [-0.05, 0) is 44.7 Å². The van der Waals surface area contributed by atoms with Gasteiger partial charge in [0, 0.05) is 10.9 Å². The molecule has 2 nitrogen and oxygen atoms in total. The van der Waals surface area contributed by atoms with Gasteiger partial charge in [0.1, 0.15) is 0 Å². The molecule has 1 aliphatic heterocycles. The SMILES string of the molecule is c1ccc(-c2csc(CCC3CCNCC3)n2)cc1. The molecule has 0 spiro atoms. The van der Waals surface area contributed by atoms with Crippen LogP contribution in [0.25, 0.3) is 11.3 Å². The lowest BCUT2D eigenvalue weighted by Crippen LogP contribution is -2.27. The predicted octanol–water partition coefficient (Wildman–Crippen LogP) is 3.74. The maximum Gasteiger partial charge on any atom is 0.0932 e. The molecule has 3 rings (SSSR count). The number of hydrogen-bond donors (Lipinski definition) is 1. The minimum Gasteiger partial charge on any atom is -0.317 e. The van der Waals surface area contributed by atoms with Crippen molar-refractivity contribution in [2.75, 3.05) is 13.1 Å². The van der Waals surface area contributed by atoms with Gasteiger partial charge < -0.3 is 5.32 Å². The van der Waals surface area contributed by atoms with Crippen LogP contribution in [0.4, 0.5) is 0 Å². The first-order valence-electron chi connectivity index (χ1n) is 7.12. The van der Waals surface area contributed by atoms with E-state index in [9.17, 15) is 0 Å². The second kappa shape index (κ2) is 6.31. The third kappa shape index (κ3) is 3.43. The van der Waals surface area contributed by atoms with E-state index < -0.39 is 0 Å². The van der Waals surface area contributed by atoms with Gasteiger partial charge in [-0.25, -0.2) is 4.98 Å². The topological polar surface area (TPSA) is 24.9 Å². The third-order valence-electron chi connectivity index (χ3n) is 3.85. The fourth-order valence-corrected chi connectivity index (χ4v) is 3.49. The van der Waals surface area contributed by atoms with Crippen molar-refractivity contribution in [3.05, 3.63) is 40.7 Å². The first-order chi connectivity index (χ1) is 9.42. The quantitative estimate of drug-likeness (QED) is 0.917. The van der Waals surface area contributed by atoms with Gasteiger partial charge in [-0.15, -0.1) is 11.3 Å². The standard InChI is InChI=1S/C16H20N2S/c1-2-4-14(5-3-1)15-12-19-16(18-15)7-6-13-8-10-17-11-9-13/h1-5,12-13,17H,6-11H2. The van der Waals surface area contributed by atoms with Crippen molar-refractivity contribution in [3.63, 3.8) is 0 Å². The van der Waals surface area contributed by atoms with Crippen LogP contribution in [0.5, 0.6) is 0 Å². The second-order valence-electron chi connectivity index (χ2n) is 5.22. The first-order valence-corrected chi connectivity index (χ1v) is 8.00. The van der Waals surface area contributed by atoms with Gasteiger partial charge in [0.25, 0.3) is 0 Å². The summed E-state index contributed by atoms with van der Waals surface area (Å²) in [7, 11) is 0. The van der Waals surface area contributed by atoms with Crippen molar-refractivity contribution in [3.8, 4) is 11.3 Å². The summed E-state index contributed by atoms with van der Waals surface area (Å²) in [6, 6.07) is 10.5. The lowest BCUT2D eigenvalue weighted by atomic mass is 9.93. The Morgan fingerprint density at radius 2 is 1.95 bits per heavy atom. The lowest BCUT2D eigenvalue weighted by Gasteiger charge is -2.21. The largest absolute Gasteiger partial charge is 0.317 e. The van der Waals surface area contributed by atoms with E-state index in [0.29, 0.717) is 0 Å². The number of nitrogens with one attached hydrogen (secondary N) is 1. The highest BCUT2D eigenvalue weighted by Crippen LogP contribution is 2.24. The number of nitrogens with zero attached hydrogens (tertiary/aromatic N) is 1. The maximum atomic E-state index is 4.77. The highest BCUT2D eigenvalue weighted by atomic mass is 32.1. The third-order valence-corrected chi connectivity index (χ3v) is 4.76. The van der Waals surface area contributed by atoms with Crippen LogP contribution in [0.1, 0.15) is 24.3 Å². The van der Waals surface area contributed by atoms with E-state index in [1.807, 2.05) is 6.07 Å². The maximum absolute atomic E-state index is 4.77. The monoisotopic (exact) mass is 272 g/mol. The Hall–Kier alpha value is -1.19. The van der Waals surface area contributed by atoms with Crippen LogP contribution in [0.2, 0.25) is 0 Å². The van der Waals surface area contributed by atoms with Gasteiger partial charge in [0.05, 0.1) is 10.7 Å². The smallest absolute Gasteiger partial charge is 0.0932 e. The molecule has 2 aromatic rings. The average molecular weight is 272 g/mol. The molecule has 0 amide bonds. The van der Waals surface area contributed by atoms with Gasteiger partial charge in [-0.3, -0.25) is 0 Å². The molecule has 0 saturated carbocycles. The van der Waals surface area contributed by atoms with Crippen LogP contribution in [0.15, 0.2) is 35.7 Å². The van der Waals surface area contributed by atoms with E-state index in [4.69, 9.17) is 4.98 Å². The van der Waals surface area contributed by atoms with Crippen molar-refractivity contribution in [2.45, 2.75) is 25.7 Å². The van der Waals surface area contributed by atoms with Crippen LogP contribution in [-0.4, -0.2) is 18.1 Å². The molecule has 0 radical (unpaired) electrons. The van der Waals surface area contributed by atoms with Crippen LogP contribution in [0, 0.1) is 5.92 Å². The van der Waals surface area contributed by atoms with E-state index in [2.05, 4.69) is 35.0 Å². The van der Waals surface area contributed by atoms with Crippen molar-refractivity contribution in [1.82, 2.24) is 10.3 Å². The molecule has 0 aliphatic carbocycles. The lowest BCUT2D eigenvalue weighted by molar-refractivity contribution is 0.354. The summed E-state index contributed by atoms with van der Waals surface area (Å²) in [5, 5.41) is 6.90. The summed E-state index contributed by atoms with van der Waals surface area (Å²) in [5.74, 6) is 0.894. The highest BCUT2D eigenvalue weighted by molar-refractivity contribution is 7.09. The molecule has 1 aromatic heterocycles. The van der Waals surface area contributed by atoms with E-state index in [0.717, 1.165) is 18.0 Å². The van der Waals surface area contributed by atoms with Crippen molar-refractivity contribution in [1.29, 1.82) is 0 Å². The first kappa shape index (κ1) is 12.8. The number of rotatable bonds is 4. The summed E-state index contributed by atoms with van der Waals surface area (Å²) in [5.41, 5.74) is 2.36. The Morgan fingerprint density at radius 1 is 1.16 bits per heavy atom. The zero-order valence-corrected chi connectivity index (χ0v) is 12.0. The molecule has 0 unspecified atom stereocenters. The minimum absolute atomic E-state index is 0.894. The molecule has 1 aromatic carbocycles. The zero-order chi connectivity index (χ0) is 12.9. The van der Waals surface area contributed by atoms with Gasteiger partial charge >= 0.3 is 0 Å².